The number of carbonyl (C=O) groups is 1. The third-order valence-electron chi connectivity index (χ3n) is 3.19. The third-order valence-corrected chi connectivity index (χ3v) is 4.75. The Hall–Kier alpha value is -2.32. The second kappa shape index (κ2) is 6.43. The van der Waals surface area contributed by atoms with E-state index < -0.39 is 33.1 Å². The first kappa shape index (κ1) is 17.0. The minimum Gasteiger partial charge on any atom is -0.322 e. The molecule has 122 valence electrons. The standard InChI is InChI=1S/C15H14F2N2O3S/c1-9-6-7-10(8-13(9)23(21,22)18-2)19-15(20)14-11(16)4-3-5-12(14)17/h3-8,18H,1-2H3,(H,19,20). The van der Waals surface area contributed by atoms with Crippen LogP contribution in [0.15, 0.2) is 41.3 Å². The number of rotatable bonds is 4. The van der Waals surface area contributed by atoms with E-state index in [0.29, 0.717) is 5.56 Å². The number of hydrogen-bond acceptors (Lipinski definition) is 3. The molecule has 2 rings (SSSR count). The number of nitrogens with one attached hydrogen (secondary N) is 2. The second-order valence-electron chi connectivity index (χ2n) is 4.74. The Bertz CT molecular complexity index is 847. The van der Waals surface area contributed by atoms with Crippen LogP contribution < -0.4 is 10.0 Å². The average molecular weight is 340 g/mol. The number of amides is 1. The summed E-state index contributed by atoms with van der Waals surface area (Å²) < 4.78 is 53.1. The smallest absolute Gasteiger partial charge is 0.261 e. The Morgan fingerprint density at radius 2 is 1.70 bits per heavy atom. The van der Waals surface area contributed by atoms with Crippen LogP contribution >= 0.6 is 0 Å². The van der Waals surface area contributed by atoms with E-state index >= 15 is 0 Å². The summed E-state index contributed by atoms with van der Waals surface area (Å²) in [5.41, 5.74) is -0.155. The van der Waals surface area contributed by atoms with Crippen LogP contribution in [0.25, 0.3) is 0 Å². The molecule has 0 spiro atoms. The molecule has 1 amide bonds. The molecule has 0 aliphatic heterocycles. The summed E-state index contributed by atoms with van der Waals surface area (Å²) in [5, 5.41) is 2.29. The van der Waals surface area contributed by atoms with Gasteiger partial charge in [0.2, 0.25) is 10.0 Å². The van der Waals surface area contributed by atoms with Crippen LogP contribution in [0.3, 0.4) is 0 Å². The summed E-state index contributed by atoms with van der Waals surface area (Å²) in [6.07, 6.45) is 0. The van der Waals surface area contributed by atoms with Crippen LogP contribution in [0.2, 0.25) is 0 Å². The van der Waals surface area contributed by atoms with Crippen molar-refractivity contribution in [1.29, 1.82) is 0 Å². The highest BCUT2D eigenvalue weighted by Gasteiger charge is 2.19. The summed E-state index contributed by atoms with van der Waals surface area (Å²) in [6.45, 7) is 1.59. The van der Waals surface area contributed by atoms with E-state index in [-0.39, 0.29) is 10.6 Å². The summed E-state index contributed by atoms with van der Waals surface area (Å²) >= 11 is 0. The van der Waals surface area contributed by atoms with Gasteiger partial charge in [0, 0.05) is 5.69 Å². The van der Waals surface area contributed by atoms with Gasteiger partial charge in [0.05, 0.1) is 4.90 Å². The number of halogens is 2. The van der Waals surface area contributed by atoms with E-state index in [9.17, 15) is 22.0 Å². The molecule has 0 aromatic heterocycles. The zero-order valence-corrected chi connectivity index (χ0v) is 13.2. The highest BCUT2D eigenvalue weighted by atomic mass is 32.2. The molecule has 0 aliphatic rings. The van der Waals surface area contributed by atoms with Gasteiger partial charge in [-0.2, -0.15) is 0 Å². The summed E-state index contributed by atoms with van der Waals surface area (Å²) in [5.74, 6) is -3.01. The van der Waals surface area contributed by atoms with Crippen LogP contribution in [0.5, 0.6) is 0 Å². The normalized spacial score (nSPS) is 11.3. The number of aryl methyl sites for hydroxylation is 1. The molecule has 5 nitrogen and oxygen atoms in total. The Morgan fingerprint density at radius 1 is 1.09 bits per heavy atom. The van der Waals surface area contributed by atoms with Crippen molar-refractivity contribution in [2.75, 3.05) is 12.4 Å². The lowest BCUT2D eigenvalue weighted by molar-refractivity contribution is 0.101. The van der Waals surface area contributed by atoms with Crippen molar-refractivity contribution in [3.05, 3.63) is 59.2 Å². The van der Waals surface area contributed by atoms with Crippen LogP contribution in [-0.4, -0.2) is 21.4 Å². The Morgan fingerprint density at radius 3 is 2.26 bits per heavy atom. The third kappa shape index (κ3) is 3.54. The van der Waals surface area contributed by atoms with Gasteiger partial charge in [0.15, 0.2) is 0 Å². The molecule has 0 aliphatic carbocycles. The molecule has 2 aromatic carbocycles. The van der Waals surface area contributed by atoms with Gasteiger partial charge in [-0.25, -0.2) is 21.9 Å². The first-order valence-corrected chi connectivity index (χ1v) is 8.04. The highest BCUT2D eigenvalue weighted by molar-refractivity contribution is 7.89. The second-order valence-corrected chi connectivity index (χ2v) is 6.59. The molecular formula is C15H14F2N2O3S. The van der Waals surface area contributed by atoms with Gasteiger partial charge in [0.1, 0.15) is 17.2 Å². The molecule has 0 saturated heterocycles. The number of sulfonamides is 1. The predicted molar refractivity (Wildman–Crippen MR) is 81.7 cm³/mol. The van der Waals surface area contributed by atoms with E-state index in [4.69, 9.17) is 0 Å². The fourth-order valence-corrected chi connectivity index (χ4v) is 2.98. The molecule has 23 heavy (non-hydrogen) atoms. The molecule has 2 N–H and O–H groups in total. The lowest BCUT2D eigenvalue weighted by Crippen LogP contribution is -2.20. The topological polar surface area (TPSA) is 75.3 Å². The minimum atomic E-state index is -3.72. The molecule has 0 radical (unpaired) electrons. The first-order valence-electron chi connectivity index (χ1n) is 6.56. The Labute approximate surface area is 132 Å². The summed E-state index contributed by atoms with van der Waals surface area (Å²) in [6, 6.07) is 7.22. The van der Waals surface area contributed by atoms with E-state index in [0.717, 1.165) is 18.2 Å². The fourth-order valence-electron chi connectivity index (χ4n) is 1.99. The molecule has 0 atom stereocenters. The maximum absolute atomic E-state index is 13.6. The van der Waals surface area contributed by atoms with E-state index in [2.05, 4.69) is 10.0 Å². The van der Waals surface area contributed by atoms with Crippen molar-refractivity contribution >= 4 is 21.6 Å². The van der Waals surface area contributed by atoms with Crippen molar-refractivity contribution < 1.29 is 22.0 Å². The van der Waals surface area contributed by atoms with Crippen molar-refractivity contribution in [1.82, 2.24) is 4.72 Å². The number of anilines is 1. The monoisotopic (exact) mass is 340 g/mol. The van der Waals surface area contributed by atoms with Crippen molar-refractivity contribution in [2.24, 2.45) is 0 Å². The zero-order chi connectivity index (χ0) is 17.2. The molecular weight excluding hydrogens is 326 g/mol. The van der Waals surface area contributed by atoms with Gasteiger partial charge in [-0.15, -0.1) is 0 Å². The quantitative estimate of drug-likeness (QED) is 0.898. The molecule has 0 unspecified atom stereocenters. The number of benzene rings is 2. The number of hydrogen-bond donors (Lipinski definition) is 2. The van der Waals surface area contributed by atoms with E-state index in [1.165, 1.54) is 25.2 Å². The Balaban J connectivity index is 2.38. The lowest BCUT2D eigenvalue weighted by Gasteiger charge is -2.11. The fraction of sp³-hybridized carbons (Fsp3) is 0.133. The van der Waals surface area contributed by atoms with E-state index in [1.54, 1.807) is 6.92 Å². The van der Waals surface area contributed by atoms with Gasteiger partial charge < -0.3 is 5.32 Å². The van der Waals surface area contributed by atoms with Gasteiger partial charge in [0.25, 0.3) is 5.91 Å². The highest BCUT2D eigenvalue weighted by Crippen LogP contribution is 2.21. The van der Waals surface area contributed by atoms with Gasteiger partial charge in [-0.1, -0.05) is 12.1 Å². The maximum Gasteiger partial charge on any atom is 0.261 e. The molecule has 0 fully saturated rings. The summed E-state index contributed by atoms with van der Waals surface area (Å²) in [4.78, 5) is 12.0. The van der Waals surface area contributed by atoms with Crippen LogP contribution in [0.1, 0.15) is 15.9 Å². The maximum atomic E-state index is 13.6. The first-order chi connectivity index (χ1) is 10.8. The zero-order valence-electron chi connectivity index (χ0n) is 12.4. The van der Waals surface area contributed by atoms with Gasteiger partial charge in [-0.3, -0.25) is 4.79 Å². The van der Waals surface area contributed by atoms with Crippen LogP contribution in [-0.2, 0) is 10.0 Å². The van der Waals surface area contributed by atoms with Crippen molar-refractivity contribution in [2.45, 2.75) is 11.8 Å². The SMILES string of the molecule is CNS(=O)(=O)c1cc(NC(=O)c2c(F)cccc2F)ccc1C. The molecule has 2 aromatic rings. The number of carbonyl (C=O) groups excluding carboxylic acids is 1. The van der Waals surface area contributed by atoms with Crippen LogP contribution in [0.4, 0.5) is 14.5 Å². The molecule has 0 bridgehead atoms. The van der Waals surface area contributed by atoms with Crippen molar-refractivity contribution in [3.8, 4) is 0 Å². The van der Waals surface area contributed by atoms with Gasteiger partial charge in [-0.05, 0) is 43.8 Å². The predicted octanol–water partition coefficient (Wildman–Crippen LogP) is 2.43. The minimum absolute atomic E-state index is 0.0354. The van der Waals surface area contributed by atoms with E-state index in [1.807, 2.05) is 0 Å². The van der Waals surface area contributed by atoms with Gasteiger partial charge >= 0.3 is 0 Å². The lowest BCUT2D eigenvalue weighted by atomic mass is 10.1. The van der Waals surface area contributed by atoms with Crippen molar-refractivity contribution in [3.63, 3.8) is 0 Å². The Kier molecular flexibility index (Phi) is 4.76. The molecule has 8 heteroatoms. The summed E-state index contributed by atoms with van der Waals surface area (Å²) in [7, 11) is -2.46. The molecule has 0 saturated carbocycles. The van der Waals surface area contributed by atoms with Crippen LogP contribution in [0, 0.1) is 18.6 Å². The molecule has 0 heterocycles. The largest absolute Gasteiger partial charge is 0.322 e. The average Bonchev–Trinajstić information content (AvgIpc) is 2.49.